The second kappa shape index (κ2) is 5.77. The van der Waals surface area contributed by atoms with E-state index in [1.165, 1.54) is 11.8 Å². The number of aromatic nitrogens is 1. The predicted molar refractivity (Wildman–Crippen MR) is 55.6 cm³/mol. The number of ether oxygens (including phenoxy) is 1. The Hall–Kier alpha value is -1.01. The van der Waals surface area contributed by atoms with Crippen LogP contribution in [0.4, 0.5) is 0 Å². The number of carboxylic acids is 1. The average molecular weight is 231 g/mol. The van der Waals surface area contributed by atoms with Gasteiger partial charge < -0.3 is 14.4 Å². The monoisotopic (exact) mass is 231 g/mol. The quantitative estimate of drug-likeness (QED) is 0.800. The fourth-order valence-corrected chi connectivity index (χ4v) is 1.62. The summed E-state index contributed by atoms with van der Waals surface area (Å²) in [7, 11) is 1.57. The number of hydrogen-bond donors (Lipinski definition) is 1. The van der Waals surface area contributed by atoms with Crippen LogP contribution < -0.4 is 0 Å². The first kappa shape index (κ1) is 12.1. The molecule has 0 saturated heterocycles. The summed E-state index contributed by atoms with van der Waals surface area (Å²) in [6.07, 6.45) is 0. The molecule has 0 fully saturated rings. The number of methoxy groups -OCH3 is 1. The molecule has 0 amide bonds. The molecule has 1 rings (SSSR count). The maximum absolute atomic E-state index is 10.5. The van der Waals surface area contributed by atoms with E-state index >= 15 is 0 Å². The van der Waals surface area contributed by atoms with E-state index in [2.05, 4.69) is 5.16 Å². The van der Waals surface area contributed by atoms with Gasteiger partial charge in [-0.3, -0.25) is 4.79 Å². The zero-order valence-corrected chi connectivity index (χ0v) is 9.41. The lowest BCUT2D eigenvalue weighted by atomic mass is 10.4. The number of aliphatic carboxylic acids is 1. The molecular formula is C9H13NO4S. The first-order valence-electron chi connectivity index (χ1n) is 4.41. The summed E-state index contributed by atoms with van der Waals surface area (Å²) < 4.78 is 9.83. The van der Waals surface area contributed by atoms with Crippen molar-refractivity contribution in [1.82, 2.24) is 5.16 Å². The lowest BCUT2D eigenvalue weighted by molar-refractivity contribution is -0.136. The van der Waals surface area contributed by atoms with Crippen LogP contribution >= 0.6 is 11.8 Å². The van der Waals surface area contributed by atoms with Crippen molar-refractivity contribution in [3.8, 4) is 0 Å². The van der Waals surface area contributed by atoms with Gasteiger partial charge in [0.05, 0.1) is 10.9 Å². The van der Waals surface area contributed by atoms with Gasteiger partial charge in [-0.25, -0.2) is 0 Å². The first-order valence-corrected chi connectivity index (χ1v) is 5.46. The van der Waals surface area contributed by atoms with Crippen molar-refractivity contribution >= 4 is 17.7 Å². The van der Waals surface area contributed by atoms with Crippen LogP contribution in [-0.2, 0) is 21.9 Å². The molecule has 1 aromatic rings. The Bertz CT molecular complexity index is 326. The molecule has 0 spiro atoms. The summed E-state index contributed by atoms with van der Waals surface area (Å²) in [6.45, 7) is 2.02. The van der Waals surface area contributed by atoms with Gasteiger partial charge in [0.2, 0.25) is 0 Å². The highest BCUT2D eigenvalue weighted by Crippen LogP contribution is 2.17. The Labute approximate surface area is 91.8 Å². The molecule has 0 aliphatic rings. The molecule has 1 atom stereocenters. The van der Waals surface area contributed by atoms with Gasteiger partial charge in [-0.15, -0.1) is 11.8 Å². The maximum Gasteiger partial charge on any atom is 0.316 e. The van der Waals surface area contributed by atoms with E-state index < -0.39 is 11.2 Å². The molecule has 1 heterocycles. The molecule has 0 bridgehead atoms. The topological polar surface area (TPSA) is 72.6 Å². The molecule has 0 aliphatic heterocycles. The minimum absolute atomic E-state index is 0.381. The highest BCUT2D eigenvalue weighted by atomic mass is 32.2. The van der Waals surface area contributed by atoms with Crippen LogP contribution in [0, 0.1) is 0 Å². The highest BCUT2D eigenvalue weighted by Gasteiger charge is 2.12. The summed E-state index contributed by atoms with van der Waals surface area (Å²) in [5.41, 5.74) is 0.736. The van der Waals surface area contributed by atoms with Crippen molar-refractivity contribution in [2.24, 2.45) is 0 Å². The minimum Gasteiger partial charge on any atom is -0.480 e. The molecule has 84 valence electrons. The van der Waals surface area contributed by atoms with Gasteiger partial charge in [0.15, 0.2) is 5.76 Å². The van der Waals surface area contributed by atoms with Crippen molar-refractivity contribution in [2.75, 3.05) is 7.11 Å². The van der Waals surface area contributed by atoms with Gasteiger partial charge in [-0.05, 0) is 6.92 Å². The van der Waals surface area contributed by atoms with Crippen molar-refractivity contribution < 1.29 is 19.2 Å². The molecule has 5 nitrogen and oxygen atoms in total. The second-order valence-corrected chi connectivity index (χ2v) is 4.34. The Morgan fingerprint density at radius 1 is 1.80 bits per heavy atom. The normalized spacial score (nSPS) is 12.7. The molecule has 15 heavy (non-hydrogen) atoms. The van der Waals surface area contributed by atoms with E-state index in [1.807, 2.05) is 0 Å². The summed E-state index contributed by atoms with van der Waals surface area (Å²) >= 11 is 1.31. The van der Waals surface area contributed by atoms with E-state index in [0.717, 1.165) is 5.69 Å². The van der Waals surface area contributed by atoms with E-state index in [4.69, 9.17) is 14.4 Å². The van der Waals surface area contributed by atoms with Gasteiger partial charge in [0.25, 0.3) is 0 Å². The molecule has 0 aromatic carbocycles. The van der Waals surface area contributed by atoms with Gasteiger partial charge in [0.1, 0.15) is 6.61 Å². The standard InChI is InChI=1S/C9H13NO4S/c1-6(9(11)12)15-5-7-3-8(4-13-2)14-10-7/h3,6H,4-5H2,1-2H3,(H,11,12). The number of carboxylic acid groups (broad SMARTS) is 1. The van der Waals surface area contributed by atoms with Crippen molar-refractivity contribution in [2.45, 2.75) is 24.5 Å². The fourth-order valence-electron chi connectivity index (χ4n) is 0.916. The van der Waals surface area contributed by atoms with Crippen LogP contribution in [-0.4, -0.2) is 28.6 Å². The second-order valence-electron chi connectivity index (χ2n) is 3.01. The van der Waals surface area contributed by atoms with E-state index in [-0.39, 0.29) is 0 Å². The lowest BCUT2D eigenvalue weighted by Gasteiger charge is -2.02. The van der Waals surface area contributed by atoms with E-state index in [9.17, 15) is 4.79 Å². The van der Waals surface area contributed by atoms with E-state index in [0.29, 0.717) is 18.1 Å². The zero-order valence-electron chi connectivity index (χ0n) is 8.60. The van der Waals surface area contributed by atoms with Gasteiger partial charge in [-0.1, -0.05) is 5.16 Å². The average Bonchev–Trinajstić information content (AvgIpc) is 2.62. The van der Waals surface area contributed by atoms with Crippen LogP contribution in [0.3, 0.4) is 0 Å². The molecule has 1 unspecified atom stereocenters. The number of nitrogens with zero attached hydrogens (tertiary/aromatic N) is 1. The van der Waals surface area contributed by atoms with Crippen molar-refractivity contribution in [3.63, 3.8) is 0 Å². The van der Waals surface area contributed by atoms with Crippen LogP contribution in [0.15, 0.2) is 10.6 Å². The van der Waals surface area contributed by atoms with Crippen LogP contribution in [0.5, 0.6) is 0 Å². The lowest BCUT2D eigenvalue weighted by Crippen LogP contribution is -2.11. The number of carbonyl (C=O) groups is 1. The van der Waals surface area contributed by atoms with Gasteiger partial charge in [-0.2, -0.15) is 0 Å². The van der Waals surface area contributed by atoms with Crippen molar-refractivity contribution in [3.05, 3.63) is 17.5 Å². The van der Waals surface area contributed by atoms with Crippen molar-refractivity contribution in [1.29, 1.82) is 0 Å². The Morgan fingerprint density at radius 2 is 2.53 bits per heavy atom. The van der Waals surface area contributed by atoms with Gasteiger partial charge in [0, 0.05) is 18.9 Å². The summed E-state index contributed by atoms with van der Waals surface area (Å²) in [4.78, 5) is 10.5. The van der Waals surface area contributed by atoms with Crippen LogP contribution in [0.1, 0.15) is 18.4 Å². The minimum atomic E-state index is -0.819. The fraction of sp³-hybridized carbons (Fsp3) is 0.556. The molecule has 1 N–H and O–H groups in total. The Balaban J connectivity index is 2.40. The summed E-state index contributed by atoms with van der Waals surface area (Å²) in [5.74, 6) is 0.359. The Kier molecular flexibility index (Phi) is 4.64. The molecule has 1 aromatic heterocycles. The Morgan fingerprint density at radius 3 is 3.13 bits per heavy atom. The first-order chi connectivity index (χ1) is 7.13. The van der Waals surface area contributed by atoms with E-state index in [1.54, 1.807) is 20.1 Å². The predicted octanol–water partition coefficient (Wildman–Crippen LogP) is 1.53. The number of rotatable bonds is 6. The van der Waals surface area contributed by atoms with Crippen LogP contribution in [0.2, 0.25) is 0 Å². The molecular weight excluding hydrogens is 218 g/mol. The molecule has 0 radical (unpaired) electrons. The maximum atomic E-state index is 10.5. The summed E-state index contributed by atoms with van der Waals surface area (Å²) in [5, 5.41) is 12.0. The largest absolute Gasteiger partial charge is 0.480 e. The molecule has 6 heteroatoms. The molecule has 0 aliphatic carbocycles. The zero-order chi connectivity index (χ0) is 11.3. The number of thioether (sulfide) groups is 1. The molecule has 0 saturated carbocycles. The smallest absolute Gasteiger partial charge is 0.316 e. The third-order valence-corrected chi connectivity index (χ3v) is 2.89. The van der Waals surface area contributed by atoms with Gasteiger partial charge >= 0.3 is 5.97 Å². The summed E-state index contributed by atoms with van der Waals surface area (Å²) in [6, 6.07) is 1.77. The third-order valence-electron chi connectivity index (χ3n) is 1.72. The SMILES string of the molecule is COCc1cc(CSC(C)C(=O)O)no1. The third kappa shape index (κ3) is 3.93. The highest BCUT2D eigenvalue weighted by molar-refractivity contribution is 7.99. The van der Waals surface area contributed by atoms with Crippen LogP contribution in [0.25, 0.3) is 0 Å². The number of hydrogen-bond acceptors (Lipinski definition) is 5.